The van der Waals surface area contributed by atoms with Gasteiger partial charge in [-0.2, -0.15) is 0 Å². The van der Waals surface area contributed by atoms with Crippen LogP contribution in [0.15, 0.2) is 89.8 Å². The maximum atomic E-state index is 14.9. The minimum atomic E-state index is -3.84. The second-order valence-corrected chi connectivity index (χ2v) is 14.0. The summed E-state index contributed by atoms with van der Waals surface area (Å²) in [5, 5.41) is 1.58. The highest BCUT2D eigenvalue weighted by atomic mass is 35.5. The molecule has 0 aliphatic heterocycles. The Morgan fingerprint density at radius 3 is 2.03 bits per heavy atom. The van der Waals surface area contributed by atoms with Gasteiger partial charge in [-0.15, -0.1) is 0 Å². The van der Waals surface area contributed by atoms with Crippen LogP contribution in [-0.4, -0.2) is 8.42 Å². The Balaban J connectivity index is 1.80. The molecule has 5 nitrogen and oxygen atoms in total. The van der Waals surface area contributed by atoms with Crippen LogP contribution in [0.1, 0.15) is 40.8 Å². The Kier molecular flexibility index (Phi) is 8.20. The molecule has 0 heterocycles. The fourth-order valence-electron chi connectivity index (χ4n) is 4.65. The fourth-order valence-corrected chi connectivity index (χ4v) is 8.57. The van der Waals surface area contributed by atoms with Gasteiger partial charge < -0.3 is 4.52 Å². The van der Waals surface area contributed by atoms with E-state index in [1.807, 2.05) is 58.0 Å². The van der Waals surface area contributed by atoms with Crippen molar-refractivity contribution in [3.63, 3.8) is 0 Å². The second kappa shape index (κ2) is 11.1. The van der Waals surface area contributed by atoms with Gasteiger partial charge in [-0.25, -0.2) is 13.1 Å². The molecule has 4 rings (SSSR count). The summed E-state index contributed by atoms with van der Waals surface area (Å²) in [4.78, 5) is 0.153. The molecule has 0 bridgehead atoms. The van der Waals surface area contributed by atoms with E-state index >= 15 is 0 Å². The molecule has 0 aromatic heterocycles. The van der Waals surface area contributed by atoms with Crippen molar-refractivity contribution in [1.29, 1.82) is 0 Å². The Labute approximate surface area is 230 Å². The second-order valence-electron chi connectivity index (χ2n) is 9.56. The third kappa shape index (κ3) is 5.89. The molecular formula is C30H31ClNO4PS. The van der Waals surface area contributed by atoms with Gasteiger partial charge in [-0.05, 0) is 88.2 Å². The summed E-state index contributed by atoms with van der Waals surface area (Å²) >= 11 is 6.34. The molecule has 0 spiro atoms. The molecule has 0 fully saturated rings. The standard InChI is InChI=1S/C30H31ClNO4PS/c1-20-11-14-27(15-12-20)38(34,35)32-24(5)28-19-25(31)13-16-29(28)36-37(33,26-9-7-6-8-10-26)30-22(3)17-21(2)18-23(30)4/h6-19,24,32H,1-5H3/t24-,37-/m1/s1. The highest BCUT2D eigenvalue weighted by molar-refractivity contribution is 7.89. The van der Waals surface area contributed by atoms with Crippen LogP contribution in [0.25, 0.3) is 0 Å². The van der Waals surface area contributed by atoms with Crippen molar-refractivity contribution in [2.75, 3.05) is 0 Å². The number of sulfonamides is 1. The Hall–Kier alpha value is -2.89. The Morgan fingerprint density at radius 2 is 1.42 bits per heavy atom. The van der Waals surface area contributed by atoms with Crippen LogP contribution < -0.4 is 19.9 Å². The summed E-state index contributed by atoms with van der Waals surface area (Å²) in [5.41, 5.74) is 4.22. The lowest BCUT2D eigenvalue weighted by Crippen LogP contribution is -2.28. The number of hydrogen-bond donors (Lipinski definition) is 1. The van der Waals surface area contributed by atoms with E-state index in [1.165, 1.54) is 0 Å². The summed E-state index contributed by atoms with van der Waals surface area (Å²) in [6.07, 6.45) is 0. The molecule has 4 aromatic rings. The fraction of sp³-hybridized carbons (Fsp3) is 0.200. The maximum Gasteiger partial charge on any atom is 0.307 e. The van der Waals surface area contributed by atoms with Gasteiger partial charge in [0.2, 0.25) is 10.0 Å². The molecular weight excluding hydrogens is 537 g/mol. The molecule has 0 saturated heterocycles. The van der Waals surface area contributed by atoms with E-state index in [1.54, 1.807) is 61.5 Å². The Bertz CT molecular complexity index is 1600. The van der Waals surface area contributed by atoms with Crippen molar-refractivity contribution < 1.29 is 17.5 Å². The maximum absolute atomic E-state index is 14.9. The minimum absolute atomic E-state index is 0.153. The molecule has 0 radical (unpaired) electrons. The molecule has 0 amide bonds. The third-order valence-corrected chi connectivity index (χ3v) is 10.9. The lowest BCUT2D eigenvalue weighted by molar-refractivity contribution is 0.494. The van der Waals surface area contributed by atoms with Crippen molar-refractivity contribution in [2.24, 2.45) is 0 Å². The van der Waals surface area contributed by atoms with Crippen molar-refractivity contribution in [1.82, 2.24) is 4.72 Å². The molecule has 0 saturated carbocycles. The summed E-state index contributed by atoms with van der Waals surface area (Å²) in [5.74, 6) is 0.292. The van der Waals surface area contributed by atoms with Crippen LogP contribution >= 0.6 is 19.0 Å². The van der Waals surface area contributed by atoms with Gasteiger partial charge in [0.15, 0.2) is 0 Å². The van der Waals surface area contributed by atoms with Crippen LogP contribution in [0.2, 0.25) is 5.02 Å². The van der Waals surface area contributed by atoms with Gasteiger partial charge in [-0.3, -0.25) is 4.57 Å². The number of nitrogens with one attached hydrogen (secondary N) is 1. The molecule has 8 heteroatoms. The van der Waals surface area contributed by atoms with Gasteiger partial charge >= 0.3 is 7.37 Å². The smallest absolute Gasteiger partial charge is 0.307 e. The van der Waals surface area contributed by atoms with Crippen LogP contribution in [0.5, 0.6) is 5.75 Å². The van der Waals surface area contributed by atoms with Crippen LogP contribution in [0.3, 0.4) is 0 Å². The molecule has 38 heavy (non-hydrogen) atoms. The Morgan fingerprint density at radius 1 is 0.816 bits per heavy atom. The van der Waals surface area contributed by atoms with E-state index in [2.05, 4.69) is 4.72 Å². The van der Waals surface area contributed by atoms with Gasteiger partial charge in [-0.1, -0.05) is 65.2 Å². The number of aryl methyl sites for hydroxylation is 4. The molecule has 1 N–H and O–H groups in total. The molecule has 0 unspecified atom stereocenters. The van der Waals surface area contributed by atoms with Crippen LogP contribution in [0, 0.1) is 27.7 Å². The first kappa shape index (κ1) is 28.1. The first-order valence-corrected chi connectivity index (χ1v) is 15.7. The summed E-state index contributed by atoms with van der Waals surface area (Å²) in [6.45, 7) is 9.45. The van der Waals surface area contributed by atoms with Gasteiger partial charge in [0.25, 0.3) is 0 Å². The lowest BCUT2D eigenvalue weighted by atomic mass is 10.1. The van der Waals surface area contributed by atoms with E-state index in [9.17, 15) is 13.0 Å². The predicted octanol–water partition coefficient (Wildman–Crippen LogP) is 6.92. The zero-order valence-electron chi connectivity index (χ0n) is 22.0. The van der Waals surface area contributed by atoms with E-state index in [0.717, 1.165) is 22.3 Å². The van der Waals surface area contributed by atoms with Crippen molar-refractivity contribution in [3.8, 4) is 5.75 Å². The molecule has 198 valence electrons. The molecule has 2 atom stereocenters. The van der Waals surface area contributed by atoms with E-state index in [0.29, 0.717) is 26.9 Å². The normalized spacial score (nSPS) is 14.1. The summed E-state index contributed by atoms with van der Waals surface area (Å²) in [6, 6.07) is 23.9. The summed E-state index contributed by atoms with van der Waals surface area (Å²) in [7, 11) is -7.50. The average Bonchev–Trinajstić information content (AvgIpc) is 2.85. The first-order valence-electron chi connectivity index (χ1n) is 12.2. The third-order valence-electron chi connectivity index (χ3n) is 6.35. The average molecular weight is 568 g/mol. The zero-order valence-corrected chi connectivity index (χ0v) is 24.5. The first-order chi connectivity index (χ1) is 17.9. The number of hydrogen-bond acceptors (Lipinski definition) is 4. The lowest BCUT2D eigenvalue weighted by Gasteiger charge is -2.26. The van der Waals surface area contributed by atoms with Crippen LogP contribution in [-0.2, 0) is 14.6 Å². The minimum Gasteiger partial charge on any atom is -0.436 e. The van der Waals surface area contributed by atoms with Gasteiger partial charge in [0.1, 0.15) is 5.75 Å². The topological polar surface area (TPSA) is 72.5 Å². The number of benzene rings is 4. The predicted molar refractivity (Wildman–Crippen MR) is 156 cm³/mol. The number of rotatable bonds is 8. The summed E-state index contributed by atoms with van der Waals surface area (Å²) < 4.78 is 50.4. The highest BCUT2D eigenvalue weighted by Gasteiger charge is 2.35. The largest absolute Gasteiger partial charge is 0.436 e. The van der Waals surface area contributed by atoms with Crippen molar-refractivity contribution in [2.45, 2.75) is 45.6 Å². The van der Waals surface area contributed by atoms with Crippen LogP contribution in [0.4, 0.5) is 0 Å². The zero-order chi connectivity index (χ0) is 27.7. The molecule has 0 aliphatic rings. The highest BCUT2D eigenvalue weighted by Crippen LogP contribution is 2.49. The van der Waals surface area contributed by atoms with E-state index < -0.39 is 23.4 Å². The quantitative estimate of drug-likeness (QED) is 0.235. The van der Waals surface area contributed by atoms with Crippen molar-refractivity contribution >= 4 is 39.6 Å². The van der Waals surface area contributed by atoms with Crippen molar-refractivity contribution in [3.05, 3.63) is 118 Å². The molecule has 0 aliphatic carbocycles. The van der Waals surface area contributed by atoms with Gasteiger partial charge in [0.05, 0.1) is 15.5 Å². The van der Waals surface area contributed by atoms with Gasteiger partial charge in [0, 0.05) is 16.6 Å². The SMILES string of the molecule is Cc1ccc(S(=O)(=O)N[C@H](C)c2cc(Cl)ccc2O[P@](=O)(c2ccccc2)c2c(C)cc(C)cc2C)cc1. The van der Waals surface area contributed by atoms with E-state index in [4.69, 9.17) is 16.1 Å². The monoisotopic (exact) mass is 567 g/mol. The van der Waals surface area contributed by atoms with E-state index in [-0.39, 0.29) is 4.90 Å². The molecule has 4 aromatic carbocycles. The number of halogens is 1.